The second-order valence-electron chi connectivity index (χ2n) is 11.2. The molecule has 6 rings (SSSR count). The number of hydrogen-bond acceptors (Lipinski definition) is 7. The van der Waals surface area contributed by atoms with Crippen LogP contribution in [0.1, 0.15) is 27.9 Å². The van der Waals surface area contributed by atoms with E-state index >= 15 is 0 Å². The van der Waals surface area contributed by atoms with Crippen LogP contribution >= 0.6 is 0 Å². The zero-order valence-corrected chi connectivity index (χ0v) is 23.8. The Morgan fingerprint density at radius 2 is 1.74 bits per heavy atom. The first kappa shape index (κ1) is 28.6. The molecule has 0 bridgehead atoms. The molecule has 0 saturated carbocycles. The molecule has 1 N–H and O–H groups in total. The molecule has 0 aliphatic carbocycles. The highest BCUT2D eigenvalue weighted by Gasteiger charge is 2.44. The van der Waals surface area contributed by atoms with Crippen LogP contribution in [0, 0.1) is 24.5 Å². The van der Waals surface area contributed by atoms with E-state index in [1.807, 2.05) is 25.1 Å². The van der Waals surface area contributed by atoms with Crippen LogP contribution in [0.15, 0.2) is 73.3 Å². The number of carboxylic acid groups (broad SMARTS) is 1. The number of piperazine rings is 1. The number of aryl methyl sites for hydroxylation is 1. The van der Waals surface area contributed by atoms with Gasteiger partial charge in [-0.05, 0) is 67.4 Å². The zero-order valence-electron chi connectivity index (χ0n) is 23.8. The van der Waals surface area contributed by atoms with E-state index in [0.717, 1.165) is 54.9 Å². The van der Waals surface area contributed by atoms with Crippen LogP contribution in [-0.2, 0) is 16.9 Å². The second kappa shape index (κ2) is 12.0. The number of aromatic nitrogens is 3. The van der Waals surface area contributed by atoms with Crippen LogP contribution in [0.3, 0.4) is 0 Å². The number of rotatable bonds is 9. The third-order valence-corrected chi connectivity index (χ3v) is 8.28. The standard InChI is InChI=1S/C32H33F2N5O4/c1-22-14-27(38-12-10-37(11-13-38)26-5-2-24(3-6-26)31(40)41)7-9-30(22)42-17-23-16-32(43-18-23,19-39-21-35-20-36-39)28-8-4-25(33)15-29(28)34/h2-9,14-15,20-21,23H,10-13,16-19H2,1H3,(H,40,41)/t23-,32+/m1/s1. The predicted octanol–water partition coefficient (Wildman–Crippen LogP) is 4.90. The Morgan fingerprint density at radius 1 is 1.02 bits per heavy atom. The van der Waals surface area contributed by atoms with Crippen molar-refractivity contribution in [3.05, 3.63) is 102 Å². The number of carbonyl (C=O) groups is 1. The van der Waals surface area contributed by atoms with Crippen LogP contribution in [0.2, 0.25) is 0 Å². The normalized spacial score (nSPS) is 20.4. The molecular weight excluding hydrogens is 556 g/mol. The van der Waals surface area contributed by atoms with E-state index < -0.39 is 23.2 Å². The van der Waals surface area contributed by atoms with Gasteiger partial charge in [-0.1, -0.05) is 6.07 Å². The lowest BCUT2D eigenvalue weighted by Gasteiger charge is -2.37. The van der Waals surface area contributed by atoms with Gasteiger partial charge in [0.15, 0.2) is 0 Å². The average molecular weight is 590 g/mol. The van der Waals surface area contributed by atoms with Crippen LogP contribution in [0.25, 0.3) is 0 Å². The molecule has 2 atom stereocenters. The van der Waals surface area contributed by atoms with Crippen molar-refractivity contribution in [1.29, 1.82) is 0 Å². The highest BCUT2D eigenvalue weighted by atomic mass is 19.1. The number of ether oxygens (including phenoxy) is 2. The molecule has 4 aromatic rings. The molecule has 11 heteroatoms. The Labute approximate surface area is 248 Å². The summed E-state index contributed by atoms with van der Waals surface area (Å²) < 4.78 is 42.7. The molecule has 0 unspecified atom stereocenters. The van der Waals surface area contributed by atoms with Gasteiger partial charge >= 0.3 is 5.97 Å². The van der Waals surface area contributed by atoms with E-state index in [1.165, 1.54) is 18.5 Å². The van der Waals surface area contributed by atoms with Gasteiger partial charge in [0.1, 0.15) is 35.6 Å². The highest BCUT2D eigenvalue weighted by Crippen LogP contribution is 2.42. The number of halogens is 2. The Bertz CT molecular complexity index is 1580. The summed E-state index contributed by atoms with van der Waals surface area (Å²) in [5, 5.41) is 13.3. The molecule has 2 fully saturated rings. The average Bonchev–Trinajstić information content (AvgIpc) is 3.67. The van der Waals surface area contributed by atoms with Crippen molar-refractivity contribution in [1.82, 2.24) is 14.8 Å². The molecule has 2 aliphatic heterocycles. The molecule has 3 heterocycles. The minimum atomic E-state index is -1.02. The summed E-state index contributed by atoms with van der Waals surface area (Å²) in [4.78, 5) is 19.7. The van der Waals surface area contributed by atoms with Crippen LogP contribution in [0.5, 0.6) is 5.75 Å². The van der Waals surface area contributed by atoms with Crippen molar-refractivity contribution in [2.75, 3.05) is 49.2 Å². The number of anilines is 2. The maximum Gasteiger partial charge on any atom is 0.335 e. The second-order valence-corrected chi connectivity index (χ2v) is 11.2. The van der Waals surface area contributed by atoms with Gasteiger partial charge in [-0.25, -0.2) is 23.2 Å². The van der Waals surface area contributed by atoms with Crippen LogP contribution in [-0.4, -0.2) is 65.2 Å². The number of nitrogens with zero attached hydrogens (tertiary/aromatic N) is 5. The van der Waals surface area contributed by atoms with Gasteiger partial charge in [-0.15, -0.1) is 0 Å². The van der Waals surface area contributed by atoms with E-state index in [1.54, 1.807) is 23.1 Å². The van der Waals surface area contributed by atoms with E-state index in [9.17, 15) is 13.6 Å². The van der Waals surface area contributed by atoms with Crippen molar-refractivity contribution in [3.8, 4) is 5.75 Å². The fraction of sp³-hybridized carbons (Fsp3) is 0.344. The van der Waals surface area contributed by atoms with Crippen molar-refractivity contribution in [3.63, 3.8) is 0 Å². The minimum absolute atomic E-state index is 0.00954. The first-order valence-electron chi connectivity index (χ1n) is 14.3. The van der Waals surface area contributed by atoms with Crippen molar-refractivity contribution in [2.24, 2.45) is 5.92 Å². The summed E-state index contributed by atoms with van der Waals surface area (Å²) in [6, 6.07) is 16.8. The molecule has 0 spiro atoms. The van der Waals surface area contributed by atoms with Crippen molar-refractivity contribution in [2.45, 2.75) is 25.5 Å². The molecule has 3 aromatic carbocycles. The van der Waals surface area contributed by atoms with Gasteiger partial charge in [0.2, 0.25) is 0 Å². The Balaban J connectivity index is 1.07. The van der Waals surface area contributed by atoms with Gasteiger partial charge < -0.3 is 24.4 Å². The quantitative estimate of drug-likeness (QED) is 0.295. The predicted molar refractivity (Wildman–Crippen MR) is 157 cm³/mol. The lowest BCUT2D eigenvalue weighted by molar-refractivity contribution is -0.0206. The fourth-order valence-electron chi connectivity index (χ4n) is 6.02. The van der Waals surface area contributed by atoms with E-state index in [4.69, 9.17) is 14.6 Å². The van der Waals surface area contributed by atoms with Crippen LogP contribution in [0.4, 0.5) is 20.2 Å². The molecule has 2 saturated heterocycles. The Hall–Kier alpha value is -4.51. The third-order valence-electron chi connectivity index (χ3n) is 8.28. The SMILES string of the molecule is Cc1cc(N2CCN(c3ccc(C(=O)O)cc3)CC2)ccc1OC[C@@H]1CO[C@@](Cn2cncn2)(c2ccc(F)cc2F)C1. The smallest absolute Gasteiger partial charge is 0.335 e. The minimum Gasteiger partial charge on any atom is -0.493 e. The molecule has 43 heavy (non-hydrogen) atoms. The molecule has 224 valence electrons. The monoisotopic (exact) mass is 589 g/mol. The summed E-state index contributed by atoms with van der Waals surface area (Å²) in [6.45, 7) is 6.37. The summed E-state index contributed by atoms with van der Waals surface area (Å²) >= 11 is 0. The molecule has 1 aromatic heterocycles. The number of hydrogen-bond donors (Lipinski definition) is 1. The van der Waals surface area contributed by atoms with Gasteiger partial charge in [-0.2, -0.15) is 5.10 Å². The van der Waals surface area contributed by atoms with Gasteiger partial charge in [0.25, 0.3) is 0 Å². The summed E-state index contributed by atoms with van der Waals surface area (Å²) in [6.07, 6.45) is 3.45. The number of aromatic carboxylic acids is 1. The van der Waals surface area contributed by atoms with E-state index in [0.29, 0.717) is 25.2 Å². The molecular formula is C32H33F2N5O4. The van der Waals surface area contributed by atoms with Crippen molar-refractivity contribution < 1.29 is 28.2 Å². The molecule has 2 aliphatic rings. The first-order chi connectivity index (χ1) is 20.8. The lowest BCUT2D eigenvalue weighted by Crippen LogP contribution is -2.46. The Kier molecular flexibility index (Phi) is 7.98. The van der Waals surface area contributed by atoms with Gasteiger partial charge in [0.05, 0.1) is 25.3 Å². The highest BCUT2D eigenvalue weighted by molar-refractivity contribution is 5.88. The third kappa shape index (κ3) is 6.17. The number of carboxylic acids is 1. The largest absolute Gasteiger partial charge is 0.493 e. The lowest BCUT2D eigenvalue weighted by atomic mass is 9.87. The summed E-state index contributed by atoms with van der Waals surface area (Å²) in [5.41, 5.74) is 2.72. The van der Waals surface area contributed by atoms with E-state index in [2.05, 4.69) is 32.0 Å². The first-order valence-corrected chi connectivity index (χ1v) is 14.3. The molecule has 0 radical (unpaired) electrons. The molecule has 9 nitrogen and oxygen atoms in total. The van der Waals surface area contributed by atoms with Crippen LogP contribution < -0.4 is 14.5 Å². The zero-order chi connectivity index (χ0) is 30.0. The molecule has 0 amide bonds. The fourth-order valence-corrected chi connectivity index (χ4v) is 6.02. The Morgan fingerprint density at radius 3 is 2.40 bits per heavy atom. The van der Waals surface area contributed by atoms with Crippen molar-refractivity contribution >= 4 is 17.3 Å². The number of benzene rings is 3. The topological polar surface area (TPSA) is 93.0 Å². The van der Waals surface area contributed by atoms with Gasteiger partial charge in [-0.3, -0.25) is 0 Å². The summed E-state index contributed by atoms with van der Waals surface area (Å²) in [7, 11) is 0. The van der Waals surface area contributed by atoms with E-state index in [-0.39, 0.29) is 18.0 Å². The summed E-state index contributed by atoms with van der Waals surface area (Å²) in [5.74, 6) is -1.44. The van der Waals surface area contributed by atoms with Gasteiger partial charge in [0, 0.05) is 55.1 Å². The maximum atomic E-state index is 14.9. The maximum absolute atomic E-state index is 14.9.